The van der Waals surface area contributed by atoms with Gasteiger partial charge in [0.1, 0.15) is 6.61 Å². The quantitative estimate of drug-likeness (QED) is 0.346. The molecular formula is C20H32N2O6. The average Bonchev–Trinajstić information content (AvgIpc) is 2.72. The second-order valence-electron chi connectivity index (χ2n) is 5.81. The summed E-state index contributed by atoms with van der Waals surface area (Å²) in [4.78, 5) is 23.9. The van der Waals surface area contributed by atoms with E-state index in [0.717, 1.165) is 5.69 Å². The number of esters is 1. The van der Waals surface area contributed by atoms with E-state index < -0.39 is 0 Å². The van der Waals surface area contributed by atoms with Gasteiger partial charge in [0.25, 0.3) is 5.91 Å². The maximum absolute atomic E-state index is 12.5. The van der Waals surface area contributed by atoms with Gasteiger partial charge in [-0.1, -0.05) is 13.0 Å². The molecule has 0 fully saturated rings. The van der Waals surface area contributed by atoms with Crippen LogP contribution >= 0.6 is 0 Å². The lowest BCUT2D eigenvalue weighted by atomic mass is 10.1. The number of benzene rings is 1. The van der Waals surface area contributed by atoms with Gasteiger partial charge in [-0.3, -0.25) is 9.59 Å². The summed E-state index contributed by atoms with van der Waals surface area (Å²) in [5.74, 6) is -0.544. The fourth-order valence-corrected chi connectivity index (χ4v) is 2.25. The lowest BCUT2D eigenvalue weighted by molar-refractivity contribution is -0.144. The van der Waals surface area contributed by atoms with E-state index in [0.29, 0.717) is 63.7 Å². The Labute approximate surface area is 166 Å². The highest BCUT2D eigenvalue weighted by atomic mass is 16.5. The van der Waals surface area contributed by atoms with Crippen LogP contribution in [0.25, 0.3) is 0 Å². The number of amides is 1. The third-order valence-electron chi connectivity index (χ3n) is 3.80. The van der Waals surface area contributed by atoms with Crippen molar-refractivity contribution >= 4 is 17.6 Å². The smallest absolute Gasteiger partial charge is 0.305 e. The van der Waals surface area contributed by atoms with Gasteiger partial charge in [-0.05, 0) is 19.1 Å². The highest BCUT2D eigenvalue weighted by Crippen LogP contribution is 2.17. The summed E-state index contributed by atoms with van der Waals surface area (Å²) in [6.45, 7) is 7.22. The molecule has 1 aromatic rings. The maximum Gasteiger partial charge on any atom is 0.305 e. The van der Waals surface area contributed by atoms with E-state index in [1.165, 1.54) is 0 Å². The summed E-state index contributed by atoms with van der Waals surface area (Å²) in [5.41, 5.74) is 1.92. The molecule has 0 radical (unpaired) electrons. The van der Waals surface area contributed by atoms with Gasteiger partial charge in [-0.15, -0.1) is 0 Å². The lowest BCUT2D eigenvalue weighted by Crippen LogP contribution is -2.28. The molecule has 0 aliphatic heterocycles. The van der Waals surface area contributed by atoms with Crippen molar-refractivity contribution in [2.24, 2.45) is 0 Å². The summed E-state index contributed by atoms with van der Waals surface area (Å²) >= 11 is 0. The Morgan fingerprint density at radius 3 is 2.29 bits per heavy atom. The minimum atomic E-state index is -0.305. The van der Waals surface area contributed by atoms with Crippen LogP contribution in [0.4, 0.5) is 5.69 Å². The molecular weight excluding hydrogens is 364 g/mol. The first-order chi connectivity index (χ1) is 13.6. The van der Waals surface area contributed by atoms with E-state index in [4.69, 9.17) is 18.9 Å². The van der Waals surface area contributed by atoms with Gasteiger partial charge >= 0.3 is 5.97 Å². The van der Waals surface area contributed by atoms with Crippen LogP contribution in [0.2, 0.25) is 0 Å². The molecule has 0 aliphatic rings. The van der Waals surface area contributed by atoms with Crippen molar-refractivity contribution in [3.8, 4) is 0 Å². The van der Waals surface area contributed by atoms with E-state index in [1.807, 2.05) is 13.0 Å². The fourth-order valence-electron chi connectivity index (χ4n) is 2.25. The van der Waals surface area contributed by atoms with Crippen molar-refractivity contribution in [3.63, 3.8) is 0 Å². The van der Waals surface area contributed by atoms with Gasteiger partial charge in [0, 0.05) is 43.4 Å². The highest BCUT2D eigenvalue weighted by Gasteiger charge is 2.13. The Hall–Kier alpha value is -2.16. The summed E-state index contributed by atoms with van der Waals surface area (Å²) < 4.78 is 21.1. The zero-order valence-corrected chi connectivity index (χ0v) is 17.0. The zero-order chi connectivity index (χ0) is 20.6. The second kappa shape index (κ2) is 14.8. The number of carbonyl (C=O) groups is 2. The normalized spacial score (nSPS) is 10.5. The number of rotatable bonds is 15. The minimum Gasteiger partial charge on any atom is -0.461 e. The lowest BCUT2D eigenvalue weighted by Gasteiger charge is -2.13. The fraction of sp³-hybridized carbons (Fsp3) is 0.600. The van der Waals surface area contributed by atoms with E-state index in [-0.39, 0.29) is 18.5 Å². The van der Waals surface area contributed by atoms with Crippen LogP contribution in [-0.4, -0.2) is 65.1 Å². The van der Waals surface area contributed by atoms with Crippen molar-refractivity contribution in [1.29, 1.82) is 0 Å². The van der Waals surface area contributed by atoms with Crippen molar-refractivity contribution in [1.82, 2.24) is 5.32 Å². The standard InChI is InChI=1S/C20H32N2O6/c1-4-19(23)28-15-16-6-7-17(21-3)14-18(16)20(24)22-8-9-26-12-13-27-11-10-25-5-2/h6-7,14,21H,4-5,8-13,15H2,1-3H3,(H,22,24). The molecule has 0 bridgehead atoms. The monoisotopic (exact) mass is 396 g/mol. The van der Waals surface area contributed by atoms with Crippen molar-refractivity contribution in [3.05, 3.63) is 29.3 Å². The predicted molar refractivity (Wildman–Crippen MR) is 107 cm³/mol. The Balaban J connectivity index is 2.38. The minimum absolute atomic E-state index is 0.0645. The summed E-state index contributed by atoms with van der Waals surface area (Å²) in [7, 11) is 1.78. The van der Waals surface area contributed by atoms with Gasteiger partial charge in [0.05, 0.1) is 33.0 Å². The van der Waals surface area contributed by atoms with Crippen LogP contribution in [-0.2, 0) is 30.3 Å². The van der Waals surface area contributed by atoms with Crippen LogP contribution in [0.5, 0.6) is 0 Å². The topological polar surface area (TPSA) is 95.1 Å². The summed E-state index contributed by atoms with van der Waals surface area (Å²) in [6.07, 6.45) is 0.294. The molecule has 1 amide bonds. The van der Waals surface area contributed by atoms with Crippen LogP contribution in [0.1, 0.15) is 36.2 Å². The molecule has 0 unspecified atom stereocenters. The molecule has 0 saturated carbocycles. The molecule has 28 heavy (non-hydrogen) atoms. The molecule has 0 spiro atoms. The highest BCUT2D eigenvalue weighted by molar-refractivity contribution is 5.96. The summed E-state index contributed by atoms with van der Waals surface area (Å²) in [6, 6.07) is 5.35. The van der Waals surface area contributed by atoms with Crippen molar-refractivity contribution in [2.75, 3.05) is 58.6 Å². The molecule has 0 aliphatic carbocycles. The molecule has 0 saturated heterocycles. The van der Waals surface area contributed by atoms with Crippen LogP contribution in [0.15, 0.2) is 18.2 Å². The third-order valence-corrected chi connectivity index (χ3v) is 3.80. The SMILES string of the molecule is CCOCCOCCOCCNC(=O)c1cc(NC)ccc1COC(=O)CC. The molecule has 8 nitrogen and oxygen atoms in total. The number of ether oxygens (including phenoxy) is 4. The van der Waals surface area contributed by atoms with Gasteiger partial charge in [-0.25, -0.2) is 0 Å². The second-order valence-corrected chi connectivity index (χ2v) is 5.81. The van der Waals surface area contributed by atoms with E-state index in [1.54, 1.807) is 26.1 Å². The third kappa shape index (κ3) is 9.68. The van der Waals surface area contributed by atoms with E-state index in [2.05, 4.69) is 10.6 Å². The number of anilines is 1. The molecule has 8 heteroatoms. The van der Waals surface area contributed by atoms with Gasteiger partial charge in [-0.2, -0.15) is 0 Å². The van der Waals surface area contributed by atoms with Crippen LogP contribution in [0, 0.1) is 0 Å². The van der Waals surface area contributed by atoms with Gasteiger partial charge in [0.15, 0.2) is 0 Å². The van der Waals surface area contributed by atoms with Gasteiger partial charge in [0.2, 0.25) is 0 Å². The predicted octanol–water partition coefficient (Wildman–Crippen LogP) is 1.98. The molecule has 0 heterocycles. The Morgan fingerprint density at radius 2 is 1.64 bits per heavy atom. The van der Waals surface area contributed by atoms with E-state index in [9.17, 15) is 9.59 Å². The molecule has 1 rings (SSSR count). The van der Waals surface area contributed by atoms with Crippen LogP contribution in [0.3, 0.4) is 0 Å². The van der Waals surface area contributed by atoms with Crippen molar-refractivity contribution < 1.29 is 28.5 Å². The Morgan fingerprint density at radius 1 is 0.964 bits per heavy atom. The Bertz CT molecular complexity index is 594. The van der Waals surface area contributed by atoms with Gasteiger partial charge < -0.3 is 29.6 Å². The van der Waals surface area contributed by atoms with Crippen molar-refractivity contribution in [2.45, 2.75) is 26.9 Å². The molecule has 2 N–H and O–H groups in total. The molecule has 0 aromatic heterocycles. The molecule has 0 atom stereocenters. The number of nitrogens with one attached hydrogen (secondary N) is 2. The number of carbonyl (C=O) groups excluding carboxylic acids is 2. The largest absolute Gasteiger partial charge is 0.461 e. The number of hydrogen-bond acceptors (Lipinski definition) is 7. The van der Waals surface area contributed by atoms with E-state index >= 15 is 0 Å². The maximum atomic E-state index is 12.5. The Kier molecular flexibility index (Phi) is 12.7. The first-order valence-electron chi connectivity index (χ1n) is 9.60. The zero-order valence-electron chi connectivity index (χ0n) is 17.0. The molecule has 1 aromatic carbocycles. The summed E-state index contributed by atoms with van der Waals surface area (Å²) in [5, 5.41) is 5.82. The first-order valence-corrected chi connectivity index (χ1v) is 9.60. The average molecular weight is 396 g/mol. The van der Waals surface area contributed by atoms with Crippen LogP contribution < -0.4 is 10.6 Å². The molecule has 158 valence electrons. The first kappa shape index (κ1) is 23.9. The number of hydrogen-bond donors (Lipinski definition) is 2.